The minimum atomic E-state index is -2.49. The van der Waals surface area contributed by atoms with Crippen LogP contribution in [0.4, 0.5) is 0 Å². The van der Waals surface area contributed by atoms with Gasteiger partial charge in [-0.15, -0.1) is 6.58 Å². The molecule has 0 aromatic heterocycles. The van der Waals surface area contributed by atoms with Crippen LogP contribution in [-0.2, 0) is 38.1 Å². The van der Waals surface area contributed by atoms with E-state index in [0.717, 1.165) is 11.1 Å². The van der Waals surface area contributed by atoms with Gasteiger partial charge in [0.15, 0.2) is 5.78 Å². The Morgan fingerprint density at radius 3 is 2.39 bits per heavy atom. The molecule has 0 aromatic rings. The van der Waals surface area contributed by atoms with Gasteiger partial charge in [-0.2, -0.15) is 0 Å². The van der Waals surface area contributed by atoms with E-state index in [1.165, 1.54) is 19.1 Å². The number of aliphatic hydroxyl groups is 3. The number of ketones is 2. The molecule has 314 valence electrons. The van der Waals surface area contributed by atoms with Crippen molar-refractivity contribution >= 4 is 23.4 Å². The van der Waals surface area contributed by atoms with Crippen LogP contribution in [0.1, 0.15) is 98.8 Å². The summed E-state index contributed by atoms with van der Waals surface area (Å²) in [5, 5.41) is 32.3. The molecule has 1 aliphatic carbocycles. The Kier molecular flexibility index (Phi) is 16.8. The molecule has 0 aromatic carbocycles. The van der Waals surface area contributed by atoms with Gasteiger partial charge in [-0.1, -0.05) is 50.6 Å². The van der Waals surface area contributed by atoms with Crippen LogP contribution < -0.4 is 0 Å². The summed E-state index contributed by atoms with van der Waals surface area (Å²) in [7, 11) is 3.07. The molecule has 1 amide bonds. The molecule has 0 radical (unpaired) electrons. The van der Waals surface area contributed by atoms with E-state index >= 15 is 0 Å². The van der Waals surface area contributed by atoms with Crippen molar-refractivity contribution in [1.29, 1.82) is 0 Å². The van der Waals surface area contributed by atoms with Crippen LogP contribution in [0.25, 0.3) is 0 Å². The van der Waals surface area contributed by atoms with Crippen LogP contribution in [0.15, 0.2) is 48.1 Å². The number of fused-ring (bicyclic) bond motifs is 3. The number of cyclic esters (lactones) is 1. The first-order valence-corrected chi connectivity index (χ1v) is 20.6. The minimum absolute atomic E-state index is 0.0209. The number of rotatable bonds is 7. The van der Waals surface area contributed by atoms with E-state index < -0.39 is 77.8 Å². The van der Waals surface area contributed by atoms with Crippen LogP contribution in [0.5, 0.6) is 0 Å². The number of aliphatic hydroxyl groups excluding tert-OH is 2. The van der Waals surface area contributed by atoms with E-state index in [1.807, 2.05) is 32.9 Å². The highest BCUT2D eigenvalue weighted by Gasteiger charge is 2.56. The minimum Gasteiger partial charge on any atom is -0.456 e. The van der Waals surface area contributed by atoms with Crippen LogP contribution in [0, 0.1) is 35.5 Å². The summed E-state index contributed by atoms with van der Waals surface area (Å²) < 4.78 is 24.2. The van der Waals surface area contributed by atoms with E-state index in [2.05, 4.69) is 13.5 Å². The lowest BCUT2D eigenvalue weighted by Crippen LogP contribution is -2.64. The molecular weight excluding hydrogens is 718 g/mol. The van der Waals surface area contributed by atoms with Crippen LogP contribution in [0.3, 0.4) is 0 Å². The summed E-state index contributed by atoms with van der Waals surface area (Å²) in [6, 6.07) is -1.09. The number of nitrogens with zero attached hydrogens (tertiary/aromatic N) is 1. The molecule has 12 nitrogen and oxygen atoms in total. The summed E-state index contributed by atoms with van der Waals surface area (Å²) in [6.07, 6.45) is 10.6. The Hall–Kier alpha value is -3.00. The van der Waals surface area contributed by atoms with Gasteiger partial charge in [-0.05, 0) is 102 Å². The quantitative estimate of drug-likeness (QED) is 0.180. The highest BCUT2D eigenvalue weighted by molar-refractivity contribution is 6.39. The monoisotopic (exact) mass is 785 g/mol. The number of esters is 1. The van der Waals surface area contributed by atoms with Gasteiger partial charge in [0.05, 0.1) is 18.3 Å². The predicted octanol–water partition coefficient (Wildman–Crippen LogP) is 5.04. The zero-order valence-electron chi connectivity index (χ0n) is 34.6. The third-order valence-electron chi connectivity index (χ3n) is 12.5. The molecule has 4 aliphatic rings. The fourth-order valence-corrected chi connectivity index (χ4v) is 9.21. The number of hydrogen-bond donors (Lipinski definition) is 3. The third kappa shape index (κ3) is 10.9. The van der Waals surface area contributed by atoms with E-state index in [-0.39, 0.29) is 49.5 Å². The maximum Gasteiger partial charge on any atom is 0.329 e. The number of allylic oxidation sites excluding steroid dienone is 5. The summed E-state index contributed by atoms with van der Waals surface area (Å²) >= 11 is 0. The van der Waals surface area contributed by atoms with Gasteiger partial charge < -0.3 is 39.2 Å². The summed E-state index contributed by atoms with van der Waals surface area (Å²) in [5.41, 5.74) is 1.74. The second-order valence-electron chi connectivity index (χ2n) is 17.0. The molecule has 13 atom stereocenters. The second kappa shape index (κ2) is 20.6. The van der Waals surface area contributed by atoms with E-state index in [9.17, 15) is 34.5 Å². The molecule has 56 heavy (non-hydrogen) atoms. The highest BCUT2D eigenvalue weighted by Crippen LogP contribution is 2.39. The topological polar surface area (TPSA) is 169 Å². The summed E-state index contributed by atoms with van der Waals surface area (Å²) in [6.45, 7) is 13.3. The average Bonchev–Trinajstić information content (AvgIpc) is 3.18. The van der Waals surface area contributed by atoms with Gasteiger partial charge in [0.2, 0.25) is 5.79 Å². The number of hydrogen-bond acceptors (Lipinski definition) is 11. The van der Waals surface area contributed by atoms with Gasteiger partial charge in [-0.3, -0.25) is 14.4 Å². The molecule has 2 bridgehead atoms. The zero-order valence-corrected chi connectivity index (χ0v) is 34.6. The lowest BCUT2D eigenvalue weighted by Gasteiger charge is -2.47. The molecule has 1 saturated carbocycles. The van der Waals surface area contributed by atoms with E-state index in [1.54, 1.807) is 25.2 Å². The van der Waals surface area contributed by atoms with E-state index in [4.69, 9.17) is 18.9 Å². The first kappa shape index (κ1) is 45.7. The van der Waals surface area contributed by atoms with Gasteiger partial charge in [-0.25, -0.2) is 4.79 Å². The Balaban J connectivity index is 1.78. The SMILES string of the molecule is C=CC[C@@H]1/C=C(\C)C[C@H](C)C[C@H](OC)[C@H]2O[C@@](O)(C(=O)C(=O)N3CCCC[C@H]3C(=O)O[C@H](/C(C)=C/[C@@H]3CC[C@@H](O)[C@H](CO)C3)[C@H](C)/C=C/C1=O)[C@H](C)C[C@@H]2OC. The van der Waals surface area contributed by atoms with Crippen LogP contribution in [-0.4, -0.2) is 113 Å². The smallest absolute Gasteiger partial charge is 0.329 e. The van der Waals surface area contributed by atoms with Gasteiger partial charge in [0, 0.05) is 51.0 Å². The van der Waals surface area contributed by atoms with Gasteiger partial charge in [0.1, 0.15) is 18.2 Å². The predicted molar refractivity (Wildman–Crippen MR) is 211 cm³/mol. The lowest BCUT2D eigenvalue weighted by atomic mass is 9.78. The molecule has 0 spiro atoms. The van der Waals surface area contributed by atoms with Crippen molar-refractivity contribution in [2.45, 2.75) is 141 Å². The number of carbonyl (C=O) groups is 4. The van der Waals surface area contributed by atoms with Gasteiger partial charge in [0.25, 0.3) is 11.7 Å². The van der Waals surface area contributed by atoms with Crippen molar-refractivity contribution in [3.8, 4) is 0 Å². The standard InChI is InChI=1S/C44H67NO11/c1-9-12-32-20-26(2)19-27(3)21-37(53-7)40-38(54-8)23-30(6)44(52,56-40)41(49)42(50)45-18-11-10-13-34(45)43(51)55-39(28(4)14-16-35(32)47)29(5)22-31-15-17-36(48)33(24-31)25-46/h9,14,16,20,22,27-28,30-34,36-40,46,48,52H,1,10-13,15,17-19,21,23-25H2,2-8H3/b16-14+,26-20+,29-22+/t27-,28+,30+,31-,32+,33-,34-,36+,37-,38-,39-,40+,44+/m0/s1. The molecule has 4 rings (SSSR count). The Morgan fingerprint density at radius 2 is 1.73 bits per heavy atom. The Morgan fingerprint density at radius 1 is 1.04 bits per heavy atom. The molecule has 3 aliphatic heterocycles. The third-order valence-corrected chi connectivity index (χ3v) is 12.5. The number of piperidine rings is 1. The number of Topliss-reactive ketones (excluding diaryl/α,β-unsaturated/α-hetero) is 1. The zero-order chi connectivity index (χ0) is 41.3. The van der Waals surface area contributed by atoms with Crippen LogP contribution in [0.2, 0.25) is 0 Å². The molecular formula is C44H67NO11. The van der Waals surface area contributed by atoms with Crippen molar-refractivity contribution in [3.05, 3.63) is 48.1 Å². The molecule has 2 saturated heterocycles. The van der Waals surface area contributed by atoms with Crippen molar-refractivity contribution in [3.63, 3.8) is 0 Å². The first-order valence-electron chi connectivity index (χ1n) is 20.6. The highest BCUT2D eigenvalue weighted by atomic mass is 16.7. The molecule has 0 unspecified atom stereocenters. The lowest BCUT2D eigenvalue weighted by molar-refractivity contribution is -0.302. The average molecular weight is 786 g/mol. The van der Waals surface area contributed by atoms with Crippen LogP contribution >= 0.6 is 0 Å². The van der Waals surface area contributed by atoms with Crippen molar-refractivity contribution in [1.82, 2.24) is 4.90 Å². The molecule has 3 fully saturated rings. The number of carbonyl (C=O) groups excluding carboxylic acids is 4. The fraction of sp³-hybridized carbons (Fsp3) is 0.727. The molecule has 3 heterocycles. The second-order valence-corrected chi connectivity index (χ2v) is 17.0. The molecule has 3 N–H and O–H groups in total. The summed E-state index contributed by atoms with van der Waals surface area (Å²) in [4.78, 5) is 57.6. The van der Waals surface area contributed by atoms with E-state index in [0.29, 0.717) is 51.4 Å². The normalized spacial score (nSPS) is 40.4. The Bertz CT molecular complexity index is 1490. The molecule has 12 heteroatoms. The van der Waals surface area contributed by atoms with Gasteiger partial charge >= 0.3 is 5.97 Å². The maximum atomic E-state index is 14.2. The largest absolute Gasteiger partial charge is 0.456 e. The number of amides is 1. The number of methoxy groups -OCH3 is 2. The van der Waals surface area contributed by atoms with Crippen molar-refractivity contribution in [2.75, 3.05) is 27.4 Å². The Labute approximate surface area is 333 Å². The number of ether oxygens (including phenoxy) is 4. The fourth-order valence-electron chi connectivity index (χ4n) is 9.21. The van der Waals surface area contributed by atoms with Crippen molar-refractivity contribution in [2.24, 2.45) is 35.5 Å². The first-order chi connectivity index (χ1) is 26.6. The summed E-state index contributed by atoms with van der Waals surface area (Å²) in [5.74, 6) is -7.39. The van der Waals surface area contributed by atoms with Crippen molar-refractivity contribution < 1.29 is 53.4 Å². The maximum absolute atomic E-state index is 14.2.